The molecule has 21 heavy (non-hydrogen) atoms. The predicted molar refractivity (Wildman–Crippen MR) is 79.2 cm³/mol. The van der Waals surface area contributed by atoms with Gasteiger partial charge in [0.25, 0.3) is 5.91 Å². The van der Waals surface area contributed by atoms with Crippen LogP contribution in [0.1, 0.15) is 6.92 Å². The number of ether oxygens (including phenoxy) is 1. The fourth-order valence-corrected chi connectivity index (χ4v) is 1.93. The van der Waals surface area contributed by atoms with Crippen molar-refractivity contribution < 1.29 is 18.3 Å². The second kappa shape index (κ2) is 6.67. The van der Waals surface area contributed by atoms with E-state index in [0.29, 0.717) is 10.2 Å². The van der Waals surface area contributed by atoms with Gasteiger partial charge < -0.3 is 10.1 Å². The lowest BCUT2D eigenvalue weighted by molar-refractivity contribution is -0.122. The lowest BCUT2D eigenvalue weighted by Crippen LogP contribution is -2.30. The van der Waals surface area contributed by atoms with Gasteiger partial charge in [0.05, 0.1) is 5.69 Å². The largest absolute Gasteiger partial charge is 0.481 e. The Hall–Kier alpha value is -1.95. The lowest BCUT2D eigenvalue weighted by Gasteiger charge is -2.15. The van der Waals surface area contributed by atoms with Crippen molar-refractivity contribution in [3.63, 3.8) is 0 Å². The van der Waals surface area contributed by atoms with Crippen LogP contribution >= 0.6 is 15.9 Å². The summed E-state index contributed by atoms with van der Waals surface area (Å²) in [6.45, 7) is 1.52. The van der Waals surface area contributed by atoms with Gasteiger partial charge in [0, 0.05) is 4.47 Å². The first kappa shape index (κ1) is 15.4. The Morgan fingerprint density at radius 1 is 1.19 bits per heavy atom. The maximum Gasteiger partial charge on any atom is 0.265 e. The van der Waals surface area contributed by atoms with Gasteiger partial charge in [-0.25, -0.2) is 8.78 Å². The van der Waals surface area contributed by atoms with Gasteiger partial charge in [-0.1, -0.05) is 15.9 Å². The Balaban J connectivity index is 2.00. The molecule has 0 fully saturated rings. The summed E-state index contributed by atoms with van der Waals surface area (Å²) in [6, 6.07) is 9.61. The van der Waals surface area contributed by atoms with Crippen LogP contribution in [-0.4, -0.2) is 12.0 Å². The first-order valence-corrected chi connectivity index (χ1v) is 6.93. The lowest BCUT2D eigenvalue weighted by atomic mass is 10.2. The first-order valence-electron chi connectivity index (χ1n) is 6.14. The zero-order chi connectivity index (χ0) is 15.4. The van der Waals surface area contributed by atoms with E-state index < -0.39 is 23.6 Å². The van der Waals surface area contributed by atoms with E-state index in [0.717, 1.165) is 0 Å². The summed E-state index contributed by atoms with van der Waals surface area (Å²) >= 11 is 3.13. The molecule has 2 aromatic rings. The molecule has 0 aromatic heterocycles. The smallest absolute Gasteiger partial charge is 0.265 e. The number of amides is 1. The van der Waals surface area contributed by atoms with Crippen LogP contribution < -0.4 is 10.1 Å². The van der Waals surface area contributed by atoms with Gasteiger partial charge >= 0.3 is 0 Å². The topological polar surface area (TPSA) is 38.3 Å². The quantitative estimate of drug-likeness (QED) is 0.895. The number of benzene rings is 2. The molecule has 1 atom stereocenters. The molecule has 1 unspecified atom stereocenters. The molecule has 0 bridgehead atoms. The molecule has 6 heteroatoms. The minimum Gasteiger partial charge on any atom is -0.481 e. The molecule has 0 saturated heterocycles. The Morgan fingerprint density at radius 2 is 1.86 bits per heavy atom. The number of nitrogens with one attached hydrogen (secondary N) is 1. The van der Waals surface area contributed by atoms with E-state index in [4.69, 9.17) is 4.74 Å². The molecule has 110 valence electrons. The number of hydrogen-bond donors (Lipinski definition) is 1. The third-order valence-electron chi connectivity index (χ3n) is 2.68. The summed E-state index contributed by atoms with van der Waals surface area (Å²) in [5, 5.41) is 2.43. The van der Waals surface area contributed by atoms with Gasteiger partial charge in [-0.15, -0.1) is 0 Å². The van der Waals surface area contributed by atoms with E-state index in [1.807, 2.05) is 0 Å². The standard InChI is InChI=1S/C15H12BrF2NO2/c1-9(21-12-5-3-11(17)4-6-12)15(20)19-14-7-2-10(16)8-13(14)18/h2-9H,1H3,(H,19,20). The minimum atomic E-state index is -0.849. The third kappa shape index (κ3) is 4.26. The number of anilines is 1. The van der Waals surface area contributed by atoms with Gasteiger partial charge in [-0.2, -0.15) is 0 Å². The average Bonchev–Trinajstić information content (AvgIpc) is 2.44. The van der Waals surface area contributed by atoms with Crippen molar-refractivity contribution >= 4 is 27.5 Å². The molecule has 1 amide bonds. The van der Waals surface area contributed by atoms with Crippen molar-refractivity contribution in [2.45, 2.75) is 13.0 Å². The summed E-state index contributed by atoms with van der Waals surface area (Å²) in [7, 11) is 0. The van der Waals surface area contributed by atoms with Crippen LogP contribution in [0.15, 0.2) is 46.9 Å². The molecule has 0 aliphatic rings. The molecule has 0 heterocycles. The van der Waals surface area contributed by atoms with Gasteiger partial charge in [-0.3, -0.25) is 4.79 Å². The highest BCUT2D eigenvalue weighted by molar-refractivity contribution is 9.10. The number of halogens is 3. The van der Waals surface area contributed by atoms with Crippen LogP contribution in [0.4, 0.5) is 14.5 Å². The molecular formula is C15H12BrF2NO2. The molecule has 0 saturated carbocycles. The van der Waals surface area contributed by atoms with Crippen LogP contribution in [0.3, 0.4) is 0 Å². The Labute approximate surface area is 129 Å². The summed E-state index contributed by atoms with van der Waals surface area (Å²) in [6.07, 6.45) is -0.849. The number of carbonyl (C=O) groups excluding carboxylic acids is 1. The predicted octanol–water partition coefficient (Wildman–Crippen LogP) is 4.13. The SMILES string of the molecule is CC(Oc1ccc(F)cc1)C(=O)Nc1ccc(Br)cc1F. The average molecular weight is 356 g/mol. The van der Waals surface area contributed by atoms with Crippen LogP contribution in [0, 0.1) is 11.6 Å². The van der Waals surface area contributed by atoms with Crippen LogP contribution in [0.25, 0.3) is 0 Å². The van der Waals surface area contributed by atoms with Crippen molar-refractivity contribution in [2.24, 2.45) is 0 Å². The third-order valence-corrected chi connectivity index (χ3v) is 3.18. The zero-order valence-corrected chi connectivity index (χ0v) is 12.7. The van der Waals surface area contributed by atoms with Crippen molar-refractivity contribution in [1.29, 1.82) is 0 Å². The first-order chi connectivity index (χ1) is 9.95. The second-order valence-electron chi connectivity index (χ2n) is 4.33. The van der Waals surface area contributed by atoms with Gasteiger partial charge in [-0.05, 0) is 49.4 Å². The van der Waals surface area contributed by atoms with Gasteiger partial charge in [0.2, 0.25) is 0 Å². The highest BCUT2D eigenvalue weighted by atomic mass is 79.9. The minimum absolute atomic E-state index is 0.0674. The monoisotopic (exact) mass is 355 g/mol. The van der Waals surface area contributed by atoms with Crippen LogP contribution in [-0.2, 0) is 4.79 Å². The number of rotatable bonds is 4. The highest BCUT2D eigenvalue weighted by Crippen LogP contribution is 2.20. The zero-order valence-electron chi connectivity index (χ0n) is 11.1. The summed E-state index contributed by atoms with van der Waals surface area (Å²) in [5.74, 6) is -1.08. The summed E-state index contributed by atoms with van der Waals surface area (Å²) in [5.41, 5.74) is 0.0674. The molecule has 2 rings (SSSR count). The number of carbonyl (C=O) groups is 1. The summed E-state index contributed by atoms with van der Waals surface area (Å²) < 4.78 is 32.3. The molecule has 1 N–H and O–H groups in total. The maximum absolute atomic E-state index is 13.6. The van der Waals surface area contributed by atoms with Crippen molar-refractivity contribution in [2.75, 3.05) is 5.32 Å². The van der Waals surface area contributed by atoms with E-state index >= 15 is 0 Å². The highest BCUT2D eigenvalue weighted by Gasteiger charge is 2.16. The van der Waals surface area contributed by atoms with Gasteiger partial charge in [0.1, 0.15) is 17.4 Å². The fourth-order valence-electron chi connectivity index (χ4n) is 1.60. The maximum atomic E-state index is 13.6. The van der Waals surface area contributed by atoms with Crippen molar-refractivity contribution in [1.82, 2.24) is 0 Å². The summed E-state index contributed by atoms with van der Waals surface area (Å²) in [4.78, 5) is 11.9. The molecule has 3 nitrogen and oxygen atoms in total. The Kier molecular flexibility index (Phi) is 4.90. The Morgan fingerprint density at radius 3 is 2.48 bits per heavy atom. The molecule has 0 aliphatic carbocycles. The van der Waals surface area contributed by atoms with Crippen molar-refractivity contribution in [3.05, 3.63) is 58.6 Å². The Bertz CT molecular complexity index is 647. The normalized spacial score (nSPS) is 11.8. The fraction of sp³-hybridized carbons (Fsp3) is 0.133. The number of hydrogen-bond acceptors (Lipinski definition) is 2. The molecule has 2 aromatic carbocycles. The van der Waals surface area contributed by atoms with Crippen LogP contribution in [0.2, 0.25) is 0 Å². The van der Waals surface area contributed by atoms with Crippen molar-refractivity contribution in [3.8, 4) is 5.75 Å². The van der Waals surface area contributed by atoms with E-state index in [1.165, 1.54) is 43.3 Å². The molecule has 0 radical (unpaired) electrons. The van der Waals surface area contributed by atoms with Crippen LogP contribution in [0.5, 0.6) is 5.75 Å². The molecular weight excluding hydrogens is 344 g/mol. The molecule has 0 aliphatic heterocycles. The van der Waals surface area contributed by atoms with Gasteiger partial charge in [0.15, 0.2) is 6.10 Å². The van der Waals surface area contributed by atoms with E-state index in [9.17, 15) is 13.6 Å². The van der Waals surface area contributed by atoms with E-state index in [2.05, 4.69) is 21.2 Å². The van der Waals surface area contributed by atoms with E-state index in [1.54, 1.807) is 6.07 Å². The second-order valence-corrected chi connectivity index (χ2v) is 5.24. The molecule has 0 spiro atoms. The van der Waals surface area contributed by atoms with E-state index in [-0.39, 0.29) is 5.69 Å².